The molecule has 0 atom stereocenters. The normalized spacial score (nSPS) is 10.2. The topological polar surface area (TPSA) is 124 Å². The van der Waals surface area contributed by atoms with Gasteiger partial charge in [0.1, 0.15) is 30.5 Å². The van der Waals surface area contributed by atoms with Crippen molar-refractivity contribution in [2.24, 2.45) is 0 Å². The summed E-state index contributed by atoms with van der Waals surface area (Å²) in [4.78, 5) is 46.7. The van der Waals surface area contributed by atoms with Crippen molar-refractivity contribution in [1.82, 2.24) is 0 Å². The highest BCUT2D eigenvalue weighted by atomic mass is 16.6. The number of esters is 4. The third-order valence-electron chi connectivity index (χ3n) is 6.02. The molecule has 0 amide bonds. The van der Waals surface area contributed by atoms with E-state index < -0.39 is 23.9 Å². The Hall–Kier alpha value is -5.38. The van der Waals surface area contributed by atoms with E-state index in [9.17, 15) is 19.2 Å². The lowest BCUT2D eigenvalue weighted by molar-refractivity contribution is -0.144. The lowest BCUT2D eigenvalue weighted by Crippen LogP contribution is -2.15. The molecule has 0 aliphatic rings. The molecule has 10 nitrogen and oxygen atoms in total. The SMILES string of the molecule is C=CC(=O)OCCCCOc1ccc(OC(=O)c2ccc(-c3ccc(OCCOC(=O)C(=C)CC(=O)OC)cc3)cc2)cc1. The fourth-order valence-corrected chi connectivity index (χ4v) is 3.65. The number of ether oxygens (including phenoxy) is 6. The van der Waals surface area contributed by atoms with Gasteiger partial charge in [0.05, 0.1) is 32.3 Å². The van der Waals surface area contributed by atoms with E-state index in [0.717, 1.165) is 17.2 Å². The van der Waals surface area contributed by atoms with Crippen molar-refractivity contribution < 1.29 is 47.6 Å². The van der Waals surface area contributed by atoms with Crippen LogP contribution in [0.15, 0.2) is 97.6 Å². The highest BCUT2D eigenvalue weighted by molar-refractivity contribution is 5.93. The van der Waals surface area contributed by atoms with Crippen LogP contribution in [0.5, 0.6) is 17.2 Å². The second-order valence-corrected chi connectivity index (χ2v) is 9.23. The predicted octanol–water partition coefficient (Wildman–Crippen LogP) is 5.50. The average molecular weight is 603 g/mol. The first-order valence-corrected chi connectivity index (χ1v) is 13.8. The number of methoxy groups -OCH3 is 1. The Balaban J connectivity index is 1.40. The summed E-state index contributed by atoms with van der Waals surface area (Å²) in [7, 11) is 1.23. The molecular formula is C34H34O10. The van der Waals surface area contributed by atoms with Gasteiger partial charge in [0.15, 0.2) is 0 Å². The molecule has 0 saturated heterocycles. The smallest absolute Gasteiger partial charge is 0.343 e. The molecule has 0 aliphatic heterocycles. The van der Waals surface area contributed by atoms with Crippen LogP contribution in [-0.2, 0) is 28.6 Å². The quantitative estimate of drug-likeness (QED) is 0.0643. The van der Waals surface area contributed by atoms with Crippen LogP contribution in [0.25, 0.3) is 11.1 Å². The number of hydrogen-bond acceptors (Lipinski definition) is 10. The fourth-order valence-electron chi connectivity index (χ4n) is 3.65. The van der Waals surface area contributed by atoms with Gasteiger partial charge < -0.3 is 28.4 Å². The molecule has 10 heteroatoms. The zero-order chi connectivity index (χ0) is 31.7. The first-order valence-electron chi connectivity index (χ1n) is 13.8. The largest absolute Gasteiger partial charge is 0.494 e. The van der Waals surface area contributed by atoms with Crippen LogP contribution in [0.1, 0.15) is 29.6 Å². The van der Waals surface area contributed by atoms with Crippen molar-refractivity contribution in [1.29, 1.82) is 0 Å². The lowest BCUT2D eigenvalue weighted by Gasteiger charge is -2.10. The second-order valence-electron chi connectivity index (χ2n) is 9.23. The molecule has 0 fully saturated rings. The molecular weight excluding hydrogens is 568 g/mol. The summed E-state index contributed by atoms with van der Waals surface area (Å²) >= 11 is 0. The van der Waals surface area contributed by atoms with E-state index in [-0.39, 0.29) is 25.2 Å². The molecule has 0 saturated carbocycles. The summed E-state index contributed by atoms with van der Waals surface area (Å²) in [6.45, 7) is 7.75. The average Bonchev–Trinajstić information content (AvgIpc) is 3.05. The third kappa shape index (κ3) is 11.1. The Labute approximate surface area is 255 Å². The number of carbonyl (C=O) groups excluding carboxylic acids is 4. The van der Waals surface area contributed by atoms with Gasteiger partial charge in [0.2, 0.25) is 0 Å². The molecule has 3 aromatic rings. The van der Waals surface area contributed by atoms with E-state index in [4.69, 9.17) is 23.7 Å². The summed E-state index contributed by atoms with van der Waals surface area (Å²) in [5.74, 6) is -0.570. The second kappa shape index (κ2) is 17.5. The van der Waals surface area contributed by atoms with E-state index in [1.54, 1.807) is 48.5 Å². The summed E-state index contributed by atoms with van der Waals surface area (Å²) in [5, 5.41) is 0. The lowest BCUT2D eigenvalue weighted by atomic mass is 10.0. The Morgan fingerprint density at radius 1 is 0.682 bits per heavy atom. The van der Waals surface area contributed by atoms with E-state index in [2.05, 4.69) is 17.9 Å². The highest BCUT2D eigenvalue weighted by Gasteiger charge is 2.13. The molecule has 230 valence electrons. The molecule has 44 heavy (non-hydrogen) atoms. The van der Waals surface area contributed by atoms with Crippen molar-refractivity contribution in [3.05, 3.63) is 103 Å². The molecule has 0 spiro atoms. The zero-order valence-electron chi connectivity index (χ0n) is 24.5. The van der Waals surface area contributed by atoms with Gasteiger partial charge in [-0.2, -0.15) is 0 Å². The van der Waals surface area contributed by atoms with Crippen LogP contribution in [0, 0.1) is 0 Å². The number of rotatable bonds is 17. The Kier molecular flexibility index (Phi) is 13.2. The molecule has 0 heterocycles. The summed E-state index contributed by atoms with van der Waals surface area (Å²) in [5.41, 5.74) is 2.22. The van der Waals surface area contributed by atoms with Gasteiger partial charge in [-0.1, -0.05) is 37.4 Å². The van der Waals surface area contributed by atoms with Crippen LogP contribution in [0.4, 0.5) is 0 Å². The molecule has 0 bridgehead atoms. The van der Waals surface area contributed by atoms with Gasteiger partial charge in [-0.25, -0.2) is 14.4 Å². The molecule has 0 unspecified atom stereocenters. The van der Waals surface area contributed by atoms with E-state index in [1.807, 2.05) is 24.3 Å². The van der Waals surface area contributed by atoms with Crippen molar-refractivity contribution in [2.75, 3.05) is 33.5 Å². The van der Waals surface area contributed by atoms with Gasteiger partial charge >= 0.3 is 23.9 Å². The van der Waals surface area contributed by atoms with Crippen LogP contribution in [-0.4, -0.2) is 57.4 Å². The van der Waals surface area contributed by atoms with E-state index >= 15 is 0 Å². The number of benzene rings is 3. The number of hydrogen-bond donors (Lipinski definition) is 0. The van der Waals surface area contributed by atoms with Gasteiger partial charge in [0, 0.05) is 11.6 Å². The minimum Gasteiger partial charge on any atom is -0.494 e. The molecule has 0 N–H and O–H groups in total. The Bertz CT molecular complexity index is 1420. The molecule has 3 aromatic carbocycles. The Morgan fingerprint density at radius 2 is 1.23 bits per heavy atom. The standard InChI is InChI=1S/C34H34O10/c1-4-31(35)42-20-6-5-19-40-29-15-17-30(18-16-29)44-34(38)27-9-7-25(8-10-27)26-11-13-28(14-12-26)41-21-22-43-33(37)24(2)23-32(36)39-3/h4,7-18H,1-2,5-6,19-23H2,3H3. The predicted molar refractivity (Wildman–Crippen MR) is 161 cm³/mol. The van der Waals surface area contributed by atoms with Gasteiger partial charge in [-0.3, -0.25) is 4.79 Å². The maximum Gasteiger partial charge on any atom is 0.343 e. The van der Waals surface area contributed by atoms with Crippen molar-refractivity contribution in [3.8, 4) is 28.4 Å². The van der Waals surface area contributed by atoms with Crippen LogP contribution in [0.2, 0.25) is 0 Å². The summed E-state index contributed by atoms with van der Waals surface area (Å²) in [6.07, 6.45) is 2.29. The maximum atomic E-state index is 12.6. The first-order chi connectivity index (χ1) is 21.3. The molecule has 0 aromatic heterocycles. The molecule has 0 radical (unpaired) electrons. The minimum absolute atomic E-state index is 0.00571. The van der Waals surface area contributed by atoms with Crippen LogP contribution < -0.4 is 14.2 Å². The van der Waals surface area contributed by atoms with Gasteiger partial charge in [0.25, 0.3) is 0 Å². The van der Waals surface area contributed by atoms with Crippen molar-refractivity contribution >= 4 is 23.9 Å². The monoisotopic (exact) mass is 602 g/mol. The van der Waals surface area contributed by atoms with E-state index in [0.29, 0.717) is 48.9 Å². The van der Waals surface area contributed by atoms with E-state index in [1.165, 1.54) is 7.11 Å². The van der Waals surface area contributed by atoms with Crippen LogP contribution in [0.3, 0.4) is 0 Å². The molecule has 0 aliphatic carbocycles. The summed E-state index contributed by atoms with van der Waals surface area (Å²) in [6, 6.07) is 21.1. The van der Waals surface area contributed by atoms with Crippen LogP contribution >= 0.6 is 0 Å². The Morgan fingerprint density at radius 3 is 1.84 bits per heavy atom. The van der Waals surface area contributed by atoms with Gasteiger partial charge in [-0.05, 0) is 72.5 Å². The zero-order valence-corrected chi connectivity index (χ0v) is 24.5. The number of unbranched alkanes of at least 4 members (excludes halogenated alkanes) is 1. The highest BCUT2D eigenvalue weighted by Crippen LogP contribution is 2.24. The molecule has 3 rings (SSSR count). The summed E-state index contributed by atoms with van der Waals surface area (Å²) < 4.78 is 31.2. The van der Waals surface area contributed by atoms with Gasteiger partial charge in [-0.15, -0.1) is 0 Å². The van der Waals surface area contributed by atoms with Crippen molar-refractivity contribution in [3.63, 3.8) is 0 Å². The minimum atomic E-state index is -0.681. The first kappa shape index (κ1) is 33.1. The maximum absolute atomic E-state index is 12.6. The fraction of sp³-hybridized carbons (Fsp3) is 0.235. The number of carbonyl (C=O) groups is 4. The van der Waals surface area contributed by atoms with Crippen molar-refractivity contribution in [2.45, 2.75) is 19.3 Å². The third-order valence-corrected chi connectivity index (χ3v) is 6.02.